The number of halogens is 1. The van der Waals surface area contributed by atoms with Crippen LogP contribution in [0.5, 0.6) is 0 Å². The highest BCUT2D eigenvalue weighted by molar-refractivity contribution is 5.97. The third-order valence-corrected chi connectivity index (χ3v) is 6.59. The predicted molar refractivity (Wildman–Crippen MR) is 113 cm³/mol. The highest BCUT2D eigenvalue weighted by atomic mass is 19.1. The second kappa shape index (κ2) is 8.24. The van der Waals surface area contributed by atoms with Crippen molar-refractivity contribution in [3.63, 3.8) is 0 Å². The summed E-state index contributed by atoms with van der Waals surface area (Å²) >= 11 is 0. The zero-order valence-electron chi connectivity index (χ0n) is 18.1. The van der Waals surface area contributed by atoms with Crippen molar-refractivity contribution in [1.82, 2.24) is 20.0 Å². The Morgan fingerprint density at radius 3 is 2.61 bits per heavy atom. The van der Waals surface area contributed by atoms with E-state index in [9.17, 15) is 18.8 Å². The first-order chi connectivity index (χ1) is 14.8. The fourth-order valence-electron chi connectivity index (χ4n) is 4.40. The number of benzene rings is 1. The van der Waals surface area contributed by atoms with Crippen LogP contribution in [0.25, 0.3) is 0 Å². The van der Waals surface area contributed by atoms with Gasteiger partial charge in [0, 0.05) is 30.6 Å². The highest BCUT2D eigenvalue weighted by Crippen LogP contribution is 2.29. The zero-order valence-corrected chi connectivity index (χ0v) is 18.1. The van der Waals surface area contributed by atoms with E-state index in [1.54, 1.807) is 13.0 Å². The number of aromatic amines is 1. The highest BCUT2D eigenvalue weighted by Gasteiger charge is 2.38. The van der Waals surface area contributed by atoms with Crippen molar-refractivity contribution in [2.45, 2.75) is 58.5 Å². The summed E-state index contributed by atoms with van der Waals surface area (Å²) in [6, 6.07) is 4.59. The maximum Gasteiger partial charge on any atom is 0.267 e. The number of nitrogens with one attached hydrogen (secondary N) is 1. The van der Waals surface area contributed by atoms with Crippen LogP contribution in [0.2, 0.25) is 0 Å². The lowest BCUT2D eigenvalue weighted by Crippen LogP contribution is -2.61. The van der Waals surface area contributed by atoms with Crippen LogP contribution in [-0.2, 0) is 11.2 Å². The second-order valence-electron chi connectivity index (χ2n) is 8.66. The molecule has 2 amide bonds. The lowest BCUT2D eigenvalue weighted by molar-refractivity contribution is -0.143. The van der Waals surface area contributed by atoms with E-state index in [1.165, 1.54) is 17.0 Å². The average Bonchev–Trinajstić information content (AvgIpc) is 2.70. The lowest BCUT2D eigenvalue weighted by atomic mass is 9.89. The fraction of sp³-hybridized carbons (Fsp3) is 0.478. The van der Waals surface area contributed by atoms with E-state index in [4.69, 9.17) is 0 Å². The maximum absolute atomic E-state index is 14.6. The van der Waals surface area contributed by atoms with Gasteiger partial charge in [-0.3, -0.25) is 14.4 Å². The topological polar surface area (TPSA) is 86.4 Å². The Morgan fingerprint density at radius 1 is 1.23 bits per heavy atom. The van der Waals surface area contributed by atoms with Gasteiger partial charge in [-0.05, 0) is 63.3 Å². The Balaban J connectivity index is 1.54. The second-order valence-corrected chi connectivity index (χ2v) is 8.66. The van der Waals surface area contributed by atoms with Crippen molar-refractivity contribution in [3.05, 3.63) is 62.3 Å². The molecule has 1 atom stereocenters. The smallest absolute Gasteiger partial charge is 0.267 e. The van der Waals surface area contributed by atoms with Crippen LogP contribution < -0.4 is 5.56 Å². The number of amides is 2. The van der Waals surface area contributed by atoms with Crippen molar-refractivity contribution >= 4 is 11.8 Å². The Kier molecular flexibility index (Phi) is 5.64. The number of nitrogens with zero attached hydrogens (tertiary/aromatic N) is 3. The number of H-pyrrole nitrogens is 1. The summed E-state index contributed by atoms with van der Waals surface area (Å²) in [5.74, 6) is -1.16. The largest absolute Gasteiger partial charge is 0.334 e. The summed E-state index contributed by atoms with van der Waals surface area (Å²) in [4.78, 5) is 40.8. The summed E-state index contributed by atoms with van der Waals surface area (Å²) in [5, 5.41) is 6.57. The van der Waals surface area contributed by atoms with Gasteiger partial charge in [0.1, 0.15) is 12.4 Å². The molecule has 2 fully saturated rings. The van der Waals surface area contributed by atoms with Crippen molar-refractivity contribution in [2.24, 2.45) is 0 Å². The number of hydrogen-bond donors (Lipinski definition) is 1. The molecule has 1 aliphatic carbocycles. The van der Waals surface area contributed by atoms with Gasteiger partial charge in [-0.2, -0.15) is 5.10 Å². The van der Waals surface area contributed by atoms with Gasteiger partial charge in [-0.15, -0.1) is 0 Å². The molecule has 1 aromatic carbocycles. The molecule has 4 rings (SSSR count). The molecule has 164 valence electrons. The van der Waals surface area contributed by atoms with Gasteiger partial charge < -0.3 is 9.80 Å². The molecule has 1 aliphatic heterocycles. The molecule has 1 saturated carbocycles. The summed E-state index contributed by atoms with van der Waals surface area (Å²) in [6.45, 7) is 5.85. The van der Waals surface area contributed by atoms with E-state index in [1.807, 2.05) is 18.7 Å². The maximum atomic E-state index is 14.6. The fourth-order valence-corrected chi connectivity index (χ4v) is 4.40. The van der Waals surface area contributed by atoms with Gasteiger partial charge in [0.15, 0.2) is 0 Å². The van der Waals surface area contributed by atoms with Gasteiger partial charge in [0.25, 0.3) is 11.5 Å². The van der Waals surface area contributed by atoms with Gasteiger partial charge in [-0.25, -0.2) is 9.49 Å². The SMILES string of the molecule is Cc1c(Cc2ccc(F)c(C(=O)N3CC(=O)N(C4CCC4)[C@H](C)C3)c2)n[nH]c(=O)c1C. The Bertz CT molecular complexity index is 1090. The minimum absolute atomic E-state index is 0.0247. The molecule has 0 spiro atoms. The molecule has 0 unspecified atom stereocenters. The molecule has 1 saturated heterocycles. The first-order valence-corrected chi connectivity index (χ1v) is 10.7. The van der Waals surface area contributed by atoms with Gasteiger partial charge >= 0.3 is 0 Å². The molecule has 2 aliphatic rings. The number of piperazine rings is 1. The Morgan fingerprint density at radius 2 is 1.97 bits per heavy atom. The van der Waals surface area contributed by atoms with Crippen LogP contribution in [0.1, 0.15) is 58.9 Å². The summed E-state index contributed by atoms with van der Waals surface area (Å²) in [6.07, 6.45) is 3.51. The summed E-state index contributed by atoms with van der Waals surface area (Å²) < 4.78 is 14.6. The Labute approximate surface area is 180 Å². The van der Waals surface area contributed by atoms with E-state index < -0.39 is 11.7 Å². The van der Waals surface area contributed by atoms with Crippen LogP contribution in [0.4, 0.5) is 4.39 Å². The van der Waals surface area contributed by atoms with E-state index >= 15 is 0 Å². The van der Waals surface area contributed by atoms with Crippen LogP contribution in [0.15, 0.2) is 23.0 Å². The molecule has 2 heterocycles. The van der Waals surface area contributed by atoms with E-state index in [2.05, 4.69) is 10.2 Å². The average molecular weight is 426 g/mol. The van der Waals surface area contributed by atoms with Crippen molar-refractivity contribution < 1.29 is 14.0 Å². The first kappa shape index (κ1) is 21.2. The molecule has 2 aromatic rings. The first-order valence-electron chi connectivity index (χ1n) is 10.7. The minimum Gasteiger partial charge on any atom is -0.334 e. The Hall–Kier alpha value is -3.03. The van der Waals surface area contributed by atoms with Crippen LogP contribution in [0, 0.1) is 19.7 Å². The monoisotopic (exact) mass is 426 g/mol. The normalized spacial score (nSPS) is 19.5. The lowest BCUT2D eigenvalue weighted by Gasteiger charge is -2.46. The molecular formula is C23H27FN4O3. The molecule has 7 nitrogen and oxygen atoms in total. The number of carbonyl (C=O) groups excluding carboxylic acids is 2. The number of rotatable bonds is 4. The third kappa shape index (κ3) is 3.98. The molecule has 1 N–H and O–H groups in total. The quantitative estimate of drug-likeness (QED) is 0.813. The molecular weight excluding hydrogens is 399 g/mol. The van der Waals surface area contributed by atoms with Gasteiger partial charge in [0.2, 0.25) is 5.91 Å². The van der Waals surface area contributed by atoms with E-state index in [0.717, 1.165) is 24.8 Å². The van der Waals surface area contributed by atoms with Crippen LogP contribution >= 0.6 is 0 Å². The molecule has 31 heavy (non-hydrogen) atoms. The number of hydrogen-bond acceptors (Lipinski definition) is 4. The number of aromatic nitrogens is 2. The van der Waals surface area contributed by atoms with Crippen molar-refractivity contribution in [3.8, 4) is 0 Å². The zero-order chi connectivity index (χ0) is 22.3. The molecule has 0 bridgehead atoms. The third-order valence-electron chi connectivity index (χ3n) is 6.59. The molecule has 0 radical (unpaired) electrons. The standard InChI is InChI=1S/C23H27FN4O3/c1-13-11-27(12-21(29)28(13)17-5-4-6-17)23(31)18-9-16(7-8-19(18)24)10-20-14(2)15(3)22(30)26-25-20/h7-9,13,17H,4-6,10-12H2,1-3H3,(H,26,30)/t13-/m1/s1. The number of carbonyl (C=O) groups is 2. The summed E-state index contributed by atoms with van der Waals surface area (Å²) in [5.41, 5.74) is 2.44. The van der Waals surface area contributed by atoms with Crippen molar-refractivity contribution in [2.75, 3.05) is 13.1 Å². The van der Waals surface area contributed by atoms with E-state index in [0.29, 0.717) is 29.8 Å². The van der Waals surface area contributed by atoms with Gasteiger partial charge in [-0.1, -0.05) is 6.07 Å². The molecule has 1 aromatic heterocycles. The van der Waals surface area contributed by atoms with Crippen molar-refractivity contribution in [1.29, 1.82) is 0 Å². The molecule has 8 heteroatoms. The van der Waals surface area contributed by atoms with Crippen LogP contribution in [0.3, 0.4) is 0 Å². The van der Waals surface area contributed by atoms with Crippen LogP contribution in [-0.4, -0.2) is 57.0 Å². The van der Waals surface area contributed by atoms with E-state index in [-0.39, 0.29) is 35.7 Å². The summed E-state index contributed by atoms with van der Waals surface area (Å²) in [7, 11) is 0. The predicted octanol–water partition coefficient (Wildman–Crippen LogP) is 2.34. The minimum atomic E-state index is -0.613. The van der Waals surface area contributed by atoms with Gasteiger partial charge in [0.05, 0.1) is 11.3 Å².